The highest BCUT2D eigenvalue weighted by molar-refractivity contribution is 7.89. The van der Waals surface area contributed by atoms with Crippen LogP contribution in [0.1, 0.15) is 40.7 Å². The van der Waals surface area contributed by atoms with E-state index in [0.717, 1.165) is 24.8 Å². The molecular weight excluding hydrogens is 443 g/mol. The number of rotatable bonds is 4. The van der Waals surface area contributed by atoms with E-state index in [1.165, 1.54) is 16.4 Å². The third-order valence-electron chi connectivity index (χ3n) is 6.40. The van der Waals surface area contributed by atoms with Crippen LogP contribution in [0.15, 0.2) is 41.3 Å². The molecule has 0 saturated carbocycles. The van der Waals surface area contributed by atoms with Gasteiger partial charge in [-0.15, -0.1) is 0 Å². The summed E-state index contributed by atoms with van der Waals surface area (Å²) in [6.07, 6.45) is 2.72. The van der Waals surface area contributed by atoms with E-state index in [9.17, 15) is 22.9 Å². The first-order valence-corrected chi connectivity index (χ1v) is 12.6. The summed E-state index contributed by atoms with van der Waals surface area (Å²) < 4.78 is 41.6. The second-order valence-electron chi connectivity index (χ2n) is 8.47. The van der Waals surface area contributed by atoms with E-state index < -0.39 is 15.8 Å². The molecule has 1 amide bonds. The van der Waals surface area contributed by atoms with Gasteiger partial charge < -0.3 is 9.80 Å². The van der Waals surface area contributed by atoms with Crippen LogP contribution in [0.25, 0.3) is 0 Å². The van der Waals surface area contributed by atoms with Crippen molar-refractivity contribution in [3.05, 3.63) is 58.9 Å². The molecule has 0 N–H and O–H groups in total. The molecule has 2 aromatic rings. The maximum Gasteiger partial charge on any atom is 0.254 e. The fraction of sp³-hybridized carbons (Fsp3) is 0.417. The Morgan fingerprint density at radius 3 is 2.36 bits per heavy atom. The van der Waals surface area contributed by atoms with E-state index in [1.807, 2.05) is 11.0 Å². The molecule has 2 aliphatic heterocycles. The molecule has 0 unspecified atom stereocenters. The Labute approximate surface area is 194 Å². The molecule has 0 bridgehead atoms. The fourth-order valence-corrected chi connectivity index (χ4v) is 6.00. The van der Waals surface area contributed by atoms with E-state index in [4.69, 9.17) is 0 Å². The van der Waals surface area contributed by atoms with Crippen LogP contribution in [0, 0.1) is 24.1 Å². The van der Waals surface area contributed by atoms with Gasteiger partial charge in [0.2, 0.25) is 10.0 Å². The highest BCUT2D eigenvalue weighted by atomic mass is 32.2. The summed E-state index contributed by atoms with van der Waals surface area (Å²) in [6, 6.07) is 11.2. The number of hydrogen-bond donors (Lipinski definition) is 0. The number of carbonyl (C=O) groups is 1. The number of carbonyl (C=O) groups excluding carboxylic acids is 1. The van der Waals surface area contributed by atoms with E-state index in [-0.39, 0.29) is 16.4 Å². The average Bonchev–Trinajstić information content (AvgIpc) is 2.84. The fourth-order valence-electron chi connectivity index (χ4n) is 4.45. The summed E-state index contributed by atoms with van der Waals surface area (Å²) in [5.74, 6) is -0.779. The van der Waals surface area contributed by atoms with Crippen molar-refractivity contribution in [1.82, 2.24) is 9.21 Å². The van der Waals surface area contributed by atoms with E-state index in [2.05, 4.69) is 0 Å². The van der Waals surface area contributed by atoms with Crippen molar-refractivity contribution in [3.63, 3.8) is 0 Å². The first-order valence-electron chi connectivity index (χ1n) is 11.2. The van der Waals surface area contributed by atoms with Crippen LogP contribution >= 0.6 is 0 Å². The lowest BCUT2D eigenvalue weighted by Gasteiger charge is -2.36. The number of anilines is 1. The monoisotopic (exact) mass is 470 g/mol. The Kier molecular flexibility index (Phi) is 6.68. The smallest absolute Gasteiger partial charge is 0.254 e. The third-order valence-corrected chi connectivity index (χ3v) is 8.30. The van der Waals surface area contributed by atoms with Gasteiger partial charge in [-0.25, -0.2) is 12.8 Å². The number of halogens is 1. The van der Waals surface area contributed by atoms with Crippen molar-refractivity contribution in [2.24, 2.45) is 0 Å². The molecule has 0 radical (unpaired) electrons. The summed E-state index contributed by atoms with van der Waals surface area (Å²) >= 11 is 0. The third kappa shape index (κ3) is 4.59. The first-order chi connectivity index (χ1) is 15.8. The van der Waals surface area contributed by atoms with E-state index >= 15 is 0 Å². The molecule has 7 nitrogen and oxygen atoms in total. The maximum absolute atomic E-state index is 14.0. The minimum atomic E-state index is -3.63. The van der Waals surface area contributed by atoms with Crippen molar-refractivity contribution in [2.45, 2.75) is 31.1 Å². The molecule has 2 aromatic carbocycles. The maximum atomic E-state index is 14.0. The molecule has 174 valence electrons. The zero-order chi connectivity index (χ0) is 23.6. The van der Waals surface area contributed by atoms with Gasteiger partial charge in [0, 0.05) is 44.8 Å². The highest BCUT2D eigenvalue weighted by Gasteiger charge is 2.29. The van der Waals surface area contributed by atoms with Gasteiger partial charge in [0.15, 0.2) is 0 Å². The second kappa shape index (κ2) is 9.49. The van der Waals surface area contributed by atoms with Crippen molar-refractivity contribution < 1.29 is 17.6 Å². The number of nitriles is 1. The molecule has 2 fully saturated rings. The predicted molar refractivity (Wildman–Crippen MR) is 123 cm³/mol. The van der Waals surface area contributed by atoms with Crippen LogP contribution in [0.5, 0.6) is 0 Å². The zero-order valence-corrected chi connectivity index (χ0v) is 19.4. The lowest BCUT2D eigenvalue weighted by Crippen LogP contribution is -2.49. The van der Waals surface area contributed by atoms with Crippen LogP contribution in [-0.2, 0) is 10.0 Å². The largest absolute Gasteiger partial charge is 0.367 e. The van der Waals surface area contributed by atoms with Gasteiger partial charge in [0.1, 0.15) is 17.4 Å². The number of piperidine rings is 1. The predicted octanol–water partition coefficient (Wildman–Crippen LogP) is 3.14. The molecule has 4 rings (SSSR count). The quantitative estimate of drug-likeness (QED) is 0.685. The molecule has 0 aliphatic carbocycles. The van der Waals surface area contributed by atoms with Crippen LogP contribution in [0.3, 0.4) is 0 Å². The number of piperazine rings is 1. The Morgan fingerprint density at radius 2 is 1.70 bits per heavy atom. The van der Waals surface area contributed by atoms with Crippen molar-refractivity contribution >= 4 is 21.6 Å². The van der Waals surface area contributed by atoms with Gasteiger partial charge in [0.25, 0.3) is 5.91 Å². The summed E-state index contributed by atoms with van der Waals surface area (Å²) in [4.78, 5) is 17.0. The minimum Gasteiger partial charge on any atom is -0.367 e. The van der Waals surface area contributed by atoms with Gasteiger partial charge in [-0.1, -0.05) is 18.6 Å². The van der Waals surface area contributed by atoms with Gasteiger partial charge in [-0.2, -0.15) is 9.57 Å². The van der Waals surface area contributed by atoms with Crippen LogP contribution in [0.4, 0.5) is 10.1 Å². The Bertz CT molecular complexity index is 1190. The van der Waals surface area contributed by atoms with Crippen molar-refractivity contribution in [2.75, 3.05) is 44.2 Å². The normalized spacial score (nSPS) is 17.6. The Balaban J connectivity index is 1.51. The van der Waals surface area contributed by atoms with E-state index in [0.29, 0.717) is 50.5 Å². The van der Waals surface area contributed by atoms with Crippen molar-refractivity contribution in [3.8, 4) is 6.07 Å². The van der Waals surface area contributed by atoms with Crippen molar-refractivity contribution in [1.29, 1.82) is 5.26 Å². The molecule has 33 heavy (non-hydrogen) atoms. The number of hydrogen-bond acceptors (Lipinski definition) is 5. The Hall–Kier alpha value is -2.96. The Morgan fingerprint density at radius 1 is 1.00 bits per heavy atom. The number of benzene rings is 2. The minimum absolute atomic E-state index is 0.00346. The van der Waals surface area contributed by atoms with Crippen LogP contribution in [-0.4, -0.2) is 62.8 Å². The summed E-state index contributed by atoms with van der Waals surface area (Å²) in [5.41, 5.74) is 1.63. The molecule has 0 aromatic heterocycles. The SMILES string of the molecule is Cc1ccc(S(=O)(=O)N2CCCCC2)cc1C(=O)N1CCN(c2cccc(F)c2C#N)CC1. The molecule has 2 heterocycles. The lowest BCUT2D eigenvalue weighted by molar-refractivity contribution is 0.0745. The highest BCUT2D eigenvalue weighted by Crippen LogP contribution is 2.26. The molecule has 2 saturated heterocycles. The average molecular weight is 471 g/mol. The summed E-state index contributed by atoms with van der Waals surface area (Å²) in [7, 11) is -3.63. The molecular formula is C24H27FN4O3S. The number of amides is 1. The lowest BCUT2D eigenvalue weighted by atomic mass is 10.1. The summed E-state index contributed by atoms with van der Waals surface area (Å²) in [6.45, 7) is 4.50. The van der Waals surface area contributed by atoms with E-state index in [1.54, 1.807) is 36.1 Å². The van der Waals surface area contributed by atoms with Crippen LogP contribution in [0.2, 0.25) is 0 Å². The standard InChI is InChI=1S/C24H27FN4O3S/c1-18-8-9-19(33(31,32)29-10-3-2-4-11-29)16-20(18)24(30)28-14-12-27(13-15-28)23-7-5-6-22(25)21(23)17-26/h5-9,16H,2-4,10-15H2,1H3. The number of sulfonamides is 1. The van der Waals surface area contributed by atoms with Gasteiger partial charge in [0.05, 0.1) is 10.6 Å². The first kappa shape index (κ1) is 23.2. The van der Waals surface area contributed by atoms with Gasteiger partial charge >= 0.3 is 0 Å². The van der Waals surface area contributed by atoms with Crippen LogP contribution < -0.4 is 4.90 Å². The van der Waals surface area contributed by atoms with Gasteiger partial charge in [-0.05, 0) is 49.6 Å². The molecule has 0 atom stereocenters. The number of nitrogens with zero attached hydrogens (tertiary/aromatic N) is 4. The summed E-state index contributed by atoms with van der Waals surface area (Å²) in [5, 5.41) is 9.30. The van der Waals surface area contributed by atoms with Gasteiger partial charge in [-0.3, -0.25) is 4.79 Å². The topological polar surface area (TPSA) is 84.7 Å². The molecule has 2 aliphatic rings. The second-order valence-corrected chi connectivity index (χ2v) is 10.4. The number of aryl methyl sites for hydroxylation is 1. The molecule has 9 heteroatoms. The zero-order valence-electron chi connectivity index (χ0n) is 18.6. The molecule has 0 spiro atoms.